The number of nitrogens with zero attached hydrogens (tertiary/aromatic N) is 5. The fourth-order valence-electron chi connectivity index (χ4n) is 4.00. The lowest BCUT2D eigenvalue weighted by atomic mass is 10.1. The van der Waals surface area contributed by atoms with Gasteiger partial charge < -0.3 is 29.0 Å². The zero-order valence-electron chi connectivity index (χ0n) is 17.4. The first-order chi connectivity index (χ1) is 13.7. The summed E-state index contributed by atoms with van der Waals surface area (Å²) in [5.74, 6) is 2.64. The molecule has 3 unspecified atom stereocenters. The molecular weight excluding hydrogens is 487 g/mol. The molecule has 0 radical (unpaired) electrons. The first kappa shape index (κ1) is 22.7. The van der Waals surface area contributed by atoms with Gasteiger partial charge in [-0.2, -0.15) is 0 Å². The van der Waals surface area contributed by atoms with Gasteiger partial charge >= 0.3 is 0 Å². The minimum atomic E-state index is 0. The normalized spacial score (nSPS) is 27.9. The molecule has 0 bridgehead atoms. The van der Waals surface area contributed by atoms with Crippen LogP contribution in [-0.4, -0.2) is 83.4 Å². The number of aromatic nitrogens is 3. The molecule has 3 aliphatic rings. The molecule has 9 nitrogen and oxygen atoms in total. The van der Waals surface area contributed by atoms with Crippen molar-refractivity contribution in [3.63, 3.8) is 0 Å². The van der Waals surface area contributed by atoms with Crippen molar-refractivity contribution in [3.8, 4) is 0 Å². The molecule has 10 heteroatoms. The largest absolute Gasteiger partial charge is 0.376 e. The highest BCUT2D eigenvalue weighted by Gasteiger charge is 2.32. The maximum Gasteiger partial charge on any atom is 0.194 e. The van der Waals surface area contributed by atoms with Crippen molar-refractivity contribution in [2.45, 2.75) is 57.5 Å². The first-order valence-electron chi connectivity index (χ1n) is 10.4. The van der Waals surface area contributed by atoms with Gasteiger partial charge in [0.05, 0.1) is 18.8 Å². The summed E-state index contributed by atoms with van der Waals surface area (Å²) in [6, 6.07) is 0. The van der Waals surface area contributed by atoms with Crippen LogP contribution in [0, 0.1) is 6.92 Å². The number of hydrogen-bond donors (Lipinski definition) is 1. The van der Waals surface area contributed by atoms with Gasteiger partial charge in [0.15, 0.2) is 11.8 Å². The third kappa shape index (κ3) is 5.80. The molecule has 0 aromatic carbocycles. The molecule has 4 heterocycles. The molecule has 0 amide bonds. The predicted octanol–water partition coefficient (Wildman–Crippen LogP) is 1.25. The Balaban J connectivity index is 0.00000240. The lowest BCUT2D eigenvalue weighted by Crippen LogP contribution is -2.54. The summed E-state index contributed by atoms with van der Waals surface area (Å²) >= 11 is 0. The molecule has 3 fully saturated rings. The van der Waals surface area contributed by atoms with Crippen molar-refractivity contribution >= 4 is 29.9 Å². The smallest absolute Gasteiger partial charge is 0.194 e. The van der Waals surface area contributed by atoms with E-state index in [9.17, 15) is 0 Å². The van der Waals surface area contributed by atoms with E-state index in [4.69, 9.17) is 19.2 Å². The van der Waals surface area contributed by atoms with E-state index in [1.165, 1.54) is 0 Å². The number of nitrogens with one attached hydrogen (secondary N) is 1. The van der Waals surface area contributed by atoms with Crippen LogP contribution in [0.5, 0.6) is 0 Å². The Morgan fingerprint density at radius 2 is 1.90 bits per heavy atom. The summed E-state index contributed by atoms with van der Waals surface area (Å²) in [5.41, 5.74) is 0. The molecule has 1 N–H and O–H groups in total. The van der Waals surface area contributed by atoms with E-state index in [2.05, 4.69) is 20.4 Å². The third-order valence-corrected chi connectivity index (χ3v) is 5.84. The summed E-state index contributed by atoms with van der Waals surface area (Å²) in [4.78, 5) is 7.16. The van der Waals surface area contributed by atoms with E-state index in [1.807, 2.05) is 18.5 Å². The molecule has 0 aliphatic carbocycles. The van der Waals surface area contributed by atoms with Crippen LogP contribution in [-0.2, 0) is 27.8 Å². The van der Waals surface area contributed by atoms with Crippen LogP contribution < -0.4 is 5.32 Å². The Morgan fingerprint density at radius 1 is 1.10 bits per heavy atom. The van der Waals surface area contributed by atoms with Crippen LogP contribution in [0.4, 0.5) is 0 Å². The van der Waals surface area contributed by atoms with Gasteiger partial charge in [-0.15, -0.1) is 34.2 Å². The van der Waals surface area contributed by atoms with Crippen LogP contribution in [0.25, 0.3) is 0 Å². The van der Waals surface area contributed by atoms with Gasteiger partial charge in [-0.3, -0.25) is 0 Å². The number of rotatable bonds is 5. The number of halogens is 1. The van der Waals surface area contributed by atoms with E-state index < -0.39 is 0 Å². The minimum absolute atomic E-state index is 0. The van der Waals surface area contributed by atoms with Crippen molar-refractivity contribution < 1.29 is 14.2 Å². The third-order valence-electron chi connectivity index (χ3n) is 5.84. The van der Waals surface area contributed by atoms with Gasteiger partial charge in [0.2, 0.25) is 0 Å². The topological polar surface area (TPSA) is 86.0 Å². The van der Waals surface area contributed by atoms with Crippen LogP contribution in [0.1, 0.15) is 37.3 Å². The monoisotopic (exact) mass is 520 g/mol. The van der Waals surface area contributed by atoms with E-state index in [0.29, 0.717) is 13.2 Å². The summed E-state index contributed by atoms with van der Waals surface area (Å²) in [7, 11) is 1.97. The van der Waals surface area contributed by atoms with Gasteiger partial charge in [0.25, 0.3) is 0 Å². The fraction of sp³-hybridized carbons (Fsp3) is 0.842. The van der Waals surface area contributed by atoms with Crippen molar-refractivity contribution in [2.24, 2.45) is 12.0 Å². The van der Waals surface area contributed by atoms with Crippen molar-refractivity contribution in [2.75, 3.05) is 39.5 Å². The van der Waals surface area contributed by atoms with Crippen LogP contribution in [0.3, 0.4) is 0 Å². The summed E-state index contributed by atoms with van der Waals surface area (Å²) in [5, 5.41) is 11.9. The average Bonchev–Trinajstić information content (AvgIpc) is 3.47. The lowest BCUT2D eigenvalue weighted by molar-refractivity contribution is -0.0817. The number of morpholine rings is 1. The van der Waals surface area contributed by atoms with Gasteiger partial charge in [-0.1, -0.05) is 0 Å². The summed E-state index contributed by atoms with van der Waals surface area (Å²) < 4.78 is 19.6. The maximum atomic E-state index is 6.00. The van der Waals surface area contributed by atoms with Gasteiger partial charge in [-0.05, 0) is 32.6 Å². The molecule has 3 aliphatic heterocycles. The number of ether oxygens (including phenoxy) is 3. The second-order valence-electron chi connectivity index (χ2n) is 7.78. The van der Waals surface area contributed by atoms with E-state index in [0.717, 1.165) is 76.1 Å². The number of hydrogen-bond acceptors (Lipinski definition) is 6. The lowest BCUT2D eigenvalue weighted by Gasteiger charge is -2.37. The maximum absolute atomic E-state index is 6.00. The Kier molecular flexibility index (Phi) is 8.51. The molecule has 1 aromatic heterocycles. The second kappa shape index (κ2) is 10.9. The van der Waals surface area contributed by atoms with Crippen molar-refractivity contribution in [1.29, 1.82) is 0 Å². The predicted molar refractivity (Wildman–Crippen MR) is 120 cm³/mol. The Morgan fingerprint density at radius 3 is 2.59 bits per heavy atom. The number of aryl methyl sites for hydroxylation is 1. The first-order valence-corrected chi connectivity index (χ1v) is 10.4. The molecule has 1 aromatic rings. The summed E-state index contributed by atoms with van der Waals surface area (Å²) in [6.07, 6.45) is 4.99. The second-order valence-corrected chi connectivity index (χ2v) is 7.78. The average molecular weight is 520 g/mol. The molecule has 164 valence electrons. The van der Waals surface area contributed by atoms with Crippen LogP contribution >= 0.6 is 24.0 Å². The number of guanidine groups is 1. The fourth-order valence-corrected chi connectivity index (χ4v) is 4.00. The molecule has 3 saturated heterocycles. The zero-order valence-corrected chi connectivity index (χ0v) is 19.7. The number of aliphatic imine (C=N–C) groups is 1. The minimum Gasteiger partial charge on any atom is -0.376 e. The Hall–Kier alpha value is -0.980. The van der Waals surface area contributed by atoms with E-state index in [1.54, 1.807) is 0 Å². The van der Waals surface area contributed by atoms with E-state index in [-0.39, 0.29) is 42.3 Å². The SMILES string of the molecule is Cc1nnc(CN=C(NCC2CCCO2)N2CCOC(C3CCCO3)C2)n1C.I. The molecular formula is C19H33IN6O3. The quantitative estimate of drug-likeness (QED) is 0.356. The molecule has 0 spiro atoms. The highest BCUT2D eigenvalue weighted by molar-refractivity contribution is 14.0. The Bertz CT molecular complexity index is 673. The van der Waals surface area contributed by atoms with Crippen molar-refractivity contribution in [1.82, 2.24) is 25.0 Å². The highest BCUT2D eigenvalue weighted by Crippen LogP contribution is 2.21. The van der Waals surface area contributed by atoms with Gasteiger partial charge in [0, 0.05) is 39.9 Å². The molecule has 4 rings (SSSR count). The summed E-state index contributed by atoms with van der Waals surface area (Å²) in [6.45, 7) is 7.22. The zero-order chi connectivity index (χ0) is 19.3. The standard InChI is InChI=1S/C19H32N6O3.HI/c1-14-22-23-18(24(14)2)12-21-19(20-11-15-5-3-8-26-15)25-7-10-28-17(13-25)16-6-4-9-27-16;/h15-17H,3-13H2,1-2H3,(H,20,21);1H. The van der Waals surface area contributed by atoms with Gasteiger partial charge in [-0.25, -0.2) is 4.99 Å². The van der Waals surface area contributed by atoms with Crippen LogP contribution in [0.2, 0.25) is 0 Å². The van der Waals surface area contributed by atoms with E-state index >= 15 is 0 Å². The molecule has 0 saturated carbocycles. The van der Waals surface area contributed by atoms with Gasteiger partial charge in [0.1, 0.15) is 18.5 Å². The van der Waals surface area contributed by atoms with Crippen LogP contribution in [0.15, 0.2) is 4.99 Å². The Labute approximate surface area is 189 Å². The van der Waals surface area contributed by atoms with Crippen molar-refractivity contribution in [3.05, 3.63) is 11.6 Å². The highest BCUT2D eigenvalue weighted by atomic mass is 127. The molecule has 3 atom stereocenters. The molecule has 29 heavy (non-hydrogen) atoms.